The lowest BCUT2D eigenvalue weighted by molar-refractivity contribution is 0.0728. The van der Waals surface area contributed by atoms with Crippen molar-refractivity contribution < 1.29 is 5.11 Å². The van der Waals surface area contributed by atoms with E-state index in [1.165, 1.54) is 5.57 Å². The predicted molar refractivity (Wildman–Crippen MR) is 37.0 cm³/mol. The summed E-state index contributed by atoms with van der Waals surface area (Å²) in [6.07, 6.45) is -0.194. The molecule has 1 unspecified atom stereocenters. The van der Waals surface area contributed by atoms with Gasteiger partial charge in [-0.1, -0.05) is 5.57 Å². The van der Waals surface area contributed by atoms with Crippen molar-refractivity contribution in [1.29, 1.82) is 0 Å². The lowest BCUT2D eigenvalue weighted by Gasteiger charge is -2.39. The van der Waals surface area contributed by atoms with Gasteiger partial charge in [0.1, 0.15) is 6.10 Å². The zero-order valence-electron chi connectivity index (χ0n) is 6.18. The largest absolute Gasteiger partial charge is 0.385 e. The fourth-order valence-corrected chi connectivity index (χ4v) is 1.30. The minimum absolute atomic E-state index is 0.194. The van der Waals surface area contributed by atoms with Gasteiger partial charge in [0.05, 0.1) is 0 Å². The van der Waals surface area contributed by atoms with Gasteiger partial charge in [0, 0.05) is 19.3 Å². The summed E-state index contributed by atoms with van der Waals surface area (Å²) in [5.41, 5.74) is 2.31. The van der Waals surface area contributed by atoms with Gasteiger partial charge < -0.3 is 10.0 Å². The maximum Gasteiger partial charge on any atom is 0.111 e. The molecule has 1 aliphatic rings. The van der Waals surface area contributed by atoms with Crippen molar-refractivity contribution in [3.63, 3.8) is 0 Å². The molecule has 1 saturated heterocycles. The summed E-state index contributed by atoms with van der Waals surface area (Å²) in [6.45, 7) is 4.84. The first-order valence-electron chi connectivity index (χ1n) is 3.19. The Labute approximate surface area is 55.8 Å². The van der Waals surface area contributed by atoms with E-state index in [1.54, 1.807) is 0 Å². The number of likely N-dealkylation sites (N-methyl/N-ethyl adjacent to an activating group) is 1. The van der Waals surface area contributed by atoms with E-state index in [4.69, 9.17) is 5.11 Å². The van der Waals surface area contributed by atoms with Crippen molar-refractivity contribution in [2.75, 3.05) is 13.6 Å². The zero-order chi connectivity index (χ0) is 7.02. The van der Waals surface area contributed by atoms with Crippen LogP contribution in [0, 0.1) is 0 Å². The Kier molecular flexibility index (Phi) is 1.49. The Balaban J connectivity index is 2.70. The van der Waals surface area contributed by atoms with Crippen molar-refractivity contribution in [1.82, 2.24) is 4.90 Å². The van der Waals surface area contributed by atoms with Gasteiger partial charge in [-0.2, -0.15) is 0 Å². The van der Waals surface area contributed by atoms with Gasteiger partial charge >= 0.3 is 0 Å². The van der Waals surface area contributed by atoms with E-state index in [-0.39, 0.29) is 6.10 Å². The van der Waals surface area contributed by atoms with Gasteiger partial charge in [0.15, 0.2) is 0 Å². The normalized spacial score (nSPS) is 26.0. The lowest BCUT2D eigenvalue weighted by atomic mass is 10.0. The summed E-state index contributed by atoms with van der Waals surface area (Å²) < 4.78 is 0. The molecule has 9 heavy (non-hydrogen) atoms. The highest BCUT2D eigenvalue weighted by Gasteiger charge is 2.27. The second-order valence-corrected chi connectivity index (χ2v) is 2.78. The van der Waals surface area contributed by atoms with Crippen LogP contribution < -0.4 is 0 Å². The average Bonchev–Trinajstić information content (AvgIpc) is 1.62. The van der Waals surface area contributed by atoms with E-state index in [2.05, 4.69) is 4.90 Å². The van der Waals surface area contributed by atoms with Crippen LogP contribution in [0.2, 0.25) is 0 Å². The van der Waals surface area contributed by atoms with E-state index < -0.39 is 0 Å². The number of allylic oxidation sites excluding steroid dienone is 1. The van der Waals surface area contributed by atoms with Crippen LogP contribution in [0.15, 0.2) is 11.3 Å². The fourth-order valence-electron chi connectivity index (χ4n) is 1.30. The SMILES string of the molecule is CC(C)=C1C(O)CN1C. The third kappa shape index (κ3) is 0.944. The first-order valence-corrected chi connectivity index (χ1v) is 3.19. The predicted octanol–water partition coefficient (Wildman–Crippen LogP) is 0.587. The first kappa shape index (κ1) is 6.62. The molecular weight excluding hydrogens is 114 g/mol. The summed E-state index contributed by atoms with van der Waals surface area (Å²) in [4.78, 5) is 2.07. The van der Waals surface area contributed by atoms with Gasteiger partial charge in [-0.15, -0.1) is 0 Å². The van der Waals surface area contributed by atoms with Gasteiger partial charge in [0.25, 0.3) is 0 Å². The van der Waals surface area contributed by atoms with Gasteiger partial charge in [0.2, 0.25) is 0 Å². The van der Waals surface area contributed by atoms with Crippen LogP contribution in [0.3, 0.4) is 0 Å². The van der Waals surface area contributed by atoms with Crippen LogP contribution in [-0.4, -0.2) is 29.7 Å². The zero-order valence-corrected chi connectivity index (χ0v) is 6.18. The molecule has 1 atom stereocenters. The molecule has 1 heterocycles. The highest BCUT2D eigenvalue weighted by Crippen LogP contribution is 2.22. The smallest absolute Gasteiger partial charge is 0.111 e. The lowest BCUT2D eigenvalue weighted by Crippen LogP contribution is -2.46. The third-order valence-corrected chi connectivity index (χ3v) is 1.69. The summed E-state index contributed by atoms with van der Waals surface area (Å²) in [5, 5.41) is 9.15. The quantitative estimate of drug-likeness (QED) is 0.514. The maximum atomic E-state index is 9.15. The maximum absolute atomic E-state index is 9.15. The molecule has 1 fully saturated rings. The molecule has 1 rings (SSSR count). The minimum atomic E-state index is -0.194. The van der Waals surface area contributed by atoms with Crippen molar-refractivity contribution in [3.8, 4) is 0 Å². The van der Waals surface area contributed by atoms with Crippen LogP contribution in [0.4, 0.5) is 0 Å². The van der Waals surface area contributed by atoms with Crippen LogP contribution in [0.1, 0.15) is 13.8 Å². The molecule has 0 aromatic carbocycles. The van der Waals surface area contributed by atoms with Gasteiger partial charge in [-0.05, 0) is 13.8 Å². The van der Waals surface area contributed by atoms with Crippen molar-refractivity contribution in [3.05, 3.63) is 11.3 Å². The van der Waals surface area contributed by atoms with E-state index in [0.717, 1.165) is 12.2 Å². The number of nitrogens with zero attached hydrogens (tertiary/aromatic N) is 1. The second-order valence-electron chi connectivity index (χ2n) is 2.78. The number of hydrogen-bond donors (Lipinski definition) is 1. The molecule has 0 saturated carbocycles. The van der Waals surface area contributed by atoms with Crippen molar-refractivity contribution >= 4 is 0 Å². The molecular formula is C7H13NO. The van der Waals surface area contributed by atoms with Crippen molar-refractivity contribution in [2.24, 2.45) is 0 Å². The van der Waals surface area contributed by atoms with E-state index >= 15 is 0 Å². The van der Waals surface area contributed by atoms with Crippen LogP contribution in [-0.2, 0) is 0 Å². The van der Waals surface area contributed by atoms with Crippen LogP contribution >= 0.6 is 0 Å². The second kappa shape index (κ2) is 2.03. The van der Waals surface area contributed by atoms with E-state index in [9.17, 15) is 0 Å². The molecule has 1 N–H and O–H groups in total. The number of aliphatic hydroxyl groups excluding tert-OH is 1. The number of rotatable bonds is 0. The first-order chi connectivity index (χ1) is 4.13. The number of hydrogen-bond acceptors (Lipinski definition) is 2. The third-order valence-electron chi connectivity index (χ3n) is 1.69. The monoisotopic (exact) mass is 127 g/mol. The highest BCUT2D eigenvalue weighted by molar-refractivity contribution is 5.20. The molecule has 0 amide bonds. The Hall–Kier alpha value is -0.500. The summed E-state index contributed by atoms with van der Waals surface area (Å²) >= 11 is 0. The molecule has 2 nitrogen and oxygen atoms in total. The Morgan fingerprint density at radius 2 is 2.22 bits per heavy atom. The number of aliphatic hydroxyl groups is 1. The molecule has 2 heteroatoms. The molecule has 1 aliphatic heterocycles. The average molecular weight is 127 g/mol. The van der Waals surface area contributed by atoms with E-state index in [1.807, 2.05) is 20.9 Å². The fraction of sp³-hybridized carbons (Fsp3) is 0.714. The Morgan fingerprint density at radius 3 is 2.33 bits per heavy atom. The molecule has 0 radical (unpaired) electrons. The van der Waals surface area contributed by atoms with Gasteiger partial charge in [-0.3, -0.25) is 0 Å². The van der Waals surface area contributed by atoms with Crippen LogP contribution in [0.25, 0.3) is 0 Å². The molecule has 0 aliphatic carbocycles. The topological polar surface area (TPSA) is 23.5 Å². The Morgan fingerprint density at radius 1 is 1.67 bits per heavy atom. The van der Waals surface area contributed by atoms with Gasteiger partial charge in [-0.25, -0.2) is 0 Å². The summed E-state index contributed by atoms with van der Waals surface area (Å²) in [5.74, 6) is 0. The molecule has 52 valence electrons. The summed E-state index contributed by atoms with van der Waals surface area (Å²) in [7, 11) is 2.00. The molecule has 0 aromatic heterocycles. The van der Waals surface area contributed by atoms with Crippen LogP contribution in [0.5, 0.6) is 0 Å². The summed E-state index contributed by atoms with van der Waals surface area (Å²) in [6, 6.07) is 0. The highest BCUT2D eigenvalue weighted by atomic mass is 16.3. The molecule has 0 spiro atoms. The standard InChI is InChI=1S/C7H13NO/c1-5(2)7-6(9)4-8(7)3/h6,9H,4H2,1-3H3. The number of likely N-dealkylation sites (tertiary alicyclic amines) is 1. The van der Waals surface area contributed by atoms with E-state index in [0.29, 0.717) is 0 Å². The number of β-amino-alcohol motifs (C(OH)–C–C–N with tert-alkyl or cyclic N) is 1. The minimum Gasteiger partial charge on any atom is -0.385 e. The Bertz CT molecular complexity index is 137. The van der Waals surface area contributed by atoms with Crippen molar-refractivity contribution in [2.45, 2.75) is 20.0 Å². The molecule has 0 bridgehead atoms. The molecule has 0 aromatic rings.